The van der Waals surface area contributed by atoms with Crippen LogP contribution in [0.1, 0.15) is 47.4 Å². The molecule has 1 N–H and O–H groups in total. The number of nitrogens with one attached hydrogen (secondary N) is 1. The van der Waals surface area contributed by atoms with E-state index in [1.54, 1.807) is 12.2 Å². The average molecular weight is 399 g/mol. The summed E-state index contributed by atoms with van der Waals surface area (Å²) < 4.78 is 39.8. The molecule has 0 spiro atoms. The summed E-state index contributed by atoms with van der Waals surface area (Å²) >= 11 is 0. The first-order valence-corrected chi connectivity index (χ1v) is 9.75. The van der Waals surface area contributed by atoms with E-state index in [1.165, 1.54) is 18.2 Å². The summed E-state index contributed by atoms with van der Waals surface area (Å²) in [5.41, 5.74) is 2.50. The number of amides is 1. The second-order valence-corrected chi connectivity index (χ2v) is 7.29. The second-order valence-electron chi connectivity index (χ2n) is 7.29. The Hall–Kier alpha value is -2.82. The molecule has 1 amide bonds. The van der Waals surface area contributed by atoms with Crippen molar-refractivity contribution in [3.63, 3.8) is 0 Å². The number of halogens is 3. The van der Waals surface area contributed by atoms with Gasteiger partial charge in [-0.1, -0.05) is 48.6 Å². The fourth-order valence-corrected chi connectivity index (χ4v) is 3.81. The van der Waals surface area contributed by atoms with Crippen molar-refractivity contribution in [2.24, 2.45) is 0 Å². The van der Waals surface area contributed by atoms with Gasteiger partial charge in [0.25, 0.3) is 0 Å². The summed E-state index contributed by atoms with van der Waals surface area (Å²) in [5, 5.41) is 2.82. The van der Waals surface area contributed by atoms with Gasteiger partial charge in [-0.3, -0.25) is 4.79 Å². The third-order valence-electron chi connectivity index (χ3n) is 5.26. The molecule has 0 bridgehead atoms. The third kappa shape index (κ3) is 5.37. The van der Waals surface area contributed by atoms with Crippen LogP contribution in [0.15, 0.2) is 66.8 Å². The summed E-state index contributed by atoms with van der Waals surface area (Å²) in [6.07, 6.45) is 5.24. The molecular formula is C24H24F3NO. The molecule has 1 aliphatic rings. The SMILES string of the molecule is Cc1ccccc1NC(=O)/C=C/C=C/CC1CCCc2c1cccc2C(F)(F)F. The number of anilines is 1. The van der Waals surface area contributed by atoms with Crippen molar-refractivity contribution >= 4 is 11.6 Å². The topological polar surface area (TPSA) is 29.1 Å². The summed E-state index contributed by atoms with van der Waals surface area (Å²) in [6, 6.07) is 12.0. The zero-order chi connectivity index (χ0) is 20.9. The molecule has 5 heteroatoms. The Morgan fingerprint density at radius 1 is 1.14 bits per heavy atom. The van der Waals surface area contributed by atoms with Crippen LogP contribution in [-0.2, 0) is 17.4 Å². The van der Waals surface area contributed by atoms with E-state index in [1.807, 2.05) is 43.3 Å². The Morgan fingerprint density at radius 2 is 1.93 bits per heavy atom. The van der Waals surface area contributed by atoms with Crippen LogP contribution >= 0.6 is 0 Å². The molecule has 29 heavy (non-hydrogen) atoms. The summed E-state index contributed by atoms with van der Waals surface area (Å²) in [7, 11) is 0. The molecule has 2 nitrogen and oxygen atoms in total. The Kier molecular flexibility index (Phi) is 6.57. The largest absolute Gasteiger partial charge is 0.416 e. The number of hydrogen-bond donors (Lipinski definition) is 1. The zero-order valence-corrected chi connectivity index (χ0v) is 16.3. The van der Waals surface area contributed by atoms with Gasteiger partial charge in [0.15, 0.2) is 0 Å². The molecule has 152 valence electrons. The first-order valence-electron chi connectivity index (χ1n) is 9.75. The highest BCUT2D eigenvalue weighted by Crippen LogP contribution is 2.41. The van der Waals surface area contributed by atoms with Gasteiger partial charge < -0.3 is 5.32 Å². The molecule has 0 fully saturated rings. The molecule has 0 saturated carbocycles. The van der Waals surface area contributed by atoms with Crippen LogP contribution < -0.4 is 5.32 Å². The van der Waals surface area contributed by atoms with Crippen molar-refractivity contribution in [1.82, 2.24) is 0 Å². The van der Waals surface area contributed by atoms with E-state index in [0.29, 0.717) is 18.4 Å². The molecule has 0 heterocycles. The molecule has 3 rings (SSSR count). The number of aryl methyl sites for hydroxylation is 1. The van der Waals surface area contributed by atoms with Crippen LogP contribution in [-0.4, -0.2) is 5.91 Å². The van der Waals surface area contributed by atoms with E-state index in [-0.39, 0.29) is 11.8 Å². The summed E-state index contributed by atoms with van der Waals surface area (Å²) in [4.78, 5) is 12.0. The van der Waals surface area contributed by atoms with Crippen molar-refractivity contribution in [1.29, 1.82) is 0 Å². The fraction of sp³-hybridized carbons (Fsp3) is 0.292. The normalized spacial score (nSPS) is 16.9. The van der Waals surface area contributed by atoms with Crippen LogP contribution in [0.2, 0.25) is 0 Å². The van der Waals surface area contributed by atoms with E-state index in [2.05, 4.69) is 5.32 Å². The van der Waals surface area contributed by atoms with E-state index in [9.17, 15) is 18.0 Å². The number of benzene rings is 2. The lowest BCUT2D eigenvalue weighted by Gasteiger charge is -2.27. The first-order chi connectivity index (χ1) is 13.9. The van der Waals surface area contributed by atoms with E-state index >= 15 is 0 Å². The Morgan fingerprint density at radius 3 is 2.69 bits per heavy atom. The van der Waals surface area contributed by atoms with E-state index < -0.39 is 11.7 Å². The lowest BCUT2D eigenvalue weighted by Crippen LogP contribution is -2.16. The minimum Gasteiger partial charge on any atom is -0.322 e. The van der Waals surface area contributed by atoms with Crippen molar-refractivity contribution in [3.05, 3.63) is 89.0 Å². The fourth-order valence-electron chi connectivity index (χ4n) is 3.81. The Labute approximate surface area is 169 Å². The lowest BCUT2D eigenvalue weighted by molar-refractivity contribution is -0.138. The molecule has 0 saturated heterocycles. The van der Waals surface area contributed by atoms with E-state index in [4.69, 9.17) is 0 Å². The highest BCUT2D eigenvalue weighted by atomic mass is 19.4. The first kappa shape index (κ1) is 20.9. The van der Waals surface area contributed by atoms with Crippen LogP contribution in [0, 0.1) is 6.92 Å². The average Bonchev–Trinajstić information content (AvgIpc) is 2.68. The number of hydrogen-bond acceptors (Lipinski definition) is 1. The molecular weight excluding hydrogens is 375 g/mol. The lowest BCUT2D eigenvalue weighted by atomic mass is 9.79. The summed E-state index contributed by atoms with van der Waals surface area (Å²) in [5.74, 6) is -0.145. The third-order valence-corrected chi connectivity index (χ3v) is 5.26. The predicted molar refractivity (Wildman–Crippen MR) is 110 cm³/mol. The van der Waals surface area contributed by atoms with Gasteiger partial charge in [0.05, 0.1) is 5.56 Å². The predicted octanol–water partition coefficient (Wildman–Crippen LogP) is 6.57. The van der Waals surface area contributed by atoms with Crippen molar-refractivity contribution in [2.75, 3.05) is 5.32 Å². The van der Waals surface area contributed by atoms with Crippen molar-refractivity contribution < 1.29 is 18.0 Å². The quantitative estimate of drug-likeness (QED) is 0.447. The van der Waals surface area contributed by atoms with Gasteiger partial charge >= 0.3 is 6.18 Å². The Balaban J connectivity index is 1.60. The minimum absolute atomic E-state index is 0.0755. The standard InChI is InChI=1S/C24H24F3NO/c1-17-9-5-6-15-22(17)28-23(29)16-4-2-3-10-18-11-7-13-20-19(18)12-8-14-21(20)24(25,26)27/h2-6,8-9,12,14-16,18H,7,10-11,13H2,1H3,(H,28,29)/b3-2+,16-4+. The smallest absolute Gasteiger partial charge is 0.322 e. The molecule has 0 radical (unpaired) electrons. The zero-order valence-electron chi connectivity index (χ0n) is 16.3. The van der Waals surface area contributed by atoms with Gasteiger partial charge in [-0.2, -0.15) is 13.2 Å². The molecule has 1 unspecified atom stereocenters. The van der Waals surface area contributed by atoms with Gasteiger partial charge in [-0.25, -0.2) is 0 Å². The highest BCUT2D eigenvalue weighted by Gasteiger charge is 2.35. The second kappa shape index (κ2) is 9.12. The molecule has 2 aromatic rings. The number of alkyl halides is 3. The number of allylic oxidation sites excluding steroid dienone is 3. The minimum atomic E-state index is -4.31. The number of carbonyl (C=O) groups excluding carboxylic acids is 1. The summed E-state index contributed by atoms with van der Waals surface area (Å²) in [6.45, 7) is 1.92. The van der Waals surface area contributed by atoms with Crippen LogP contribution in [0.4, 0.5) is 18.9 Å². The molecule has 0 aromatic heterocycles. The van der Waals surface area contributed by atoms with Crippen LogP contribution in [0.25, 0.3) is 0 Å². The highest BCUT2D eigenvalue weighted by molar-refractivity contribution is 5.99. The van der Waals surface area contributed by atoms with Crippen molar-refractivity contribution in [2.45, 2.75) is 44.7 Å². The Bertz CT molecular complexity index is 928. The number of fused-ring (bicyclic) bond motifs is 1. The van der Waals surface area contributed by atoms with Crippen molar-refractivity contribution in [3.8, 4) is 0 Å². The van der Waals surface area contributed by atoms with Gasteiger partial charge in [0, 0.05) is 11.8 Å². The monoisotopic (exact) mass is 399 g/mol. The maximum Gasteiger partial charge on any atom is 0.416 e. The number of rotatable bonds is 5. The molecule has 0 aliphatic heterocycles. The molecule has 2 aromatic carbocycles. The van der Waals surface area contributed by atoms with Crippen LogP contribution in [0.3, 0.4) is 0 Å². The molecule has 1 aliphatic carbocycles. The number of carbonyl (C=O) groups is 1. The van der Waals surface area contributed by atoms with Crippen LogP contribution in [0.5, 0.6) is 0 Å². The molecule has 1 atom stereocenters. The van der Waals surface area contributed by atoms with E-state index in [0.717, 1.165) is 29.7 Å². The van der Waals surface area contributed by atoms with Gasteiger partial charge in [-0.05, 0) is 67.3 Å². The maximum absolute atomic E-state index is 13.3. The van der Waals surface area contributed by atoms with Gasteiger partial charge in [0.2, 0.25) is 5.91 Å². The van der Waals surface area contributed by atoms with Gasteiger partial charge in [0.1, 0.15) is 0 Å². The maximum atomic E-state index is 13.3. The van der Waals surface area contributed by atoms with Gasteiger partial charge in [-0.15, -0.1) is 0 Å². The number of para-hydroxylation sites is 1.